The second kappa shape index (κ2) is 10.6. The number of rotatable bonds is 6. The molecule has 0 aromatic heterocycles. The van der Waals surface area contributed by atoms with Crippen molar-refractivity contribution < 1.29 is 9.53 Å². The first-order valence-electron chi connectivity index (χ1n) is 14.7. The van der Waals surface area contributed by atoms with Gasteiger partial charge in [-0.2, -0.15) is 0 Å². The van der Waals surface area contributed by atoms with E-state index in [-0.39, 0.29) is 11.2 Å². The molecule has 43 heavy (non-hydrogen) atoms. The highest BCUT2D eigenvalue weighted by atomic mass is 16.5. The van der Waals surface area contributed by atoms with Crippen LogP contribution in [0.3, 0.4) is 0 Å². The average Bonchev–Trinajstić information content (AvgIpc) is 3.27. The molecule has 1 aliphatic carbocycles. The highest BCUT2D eigenvalue weighted by Gasteiger charge is 2.36. The minimum Gasteiger partial charge on any atom is -0.457 e. The lowest BCUT2D eigenvalue weighted by Crippen LogP contribution is -2.16. The molecule has 0 N–H and O–H groups in total. The van der Waals surface area contributed by atoms with Gasteiger partial charge in [0.15, 0.2) is 5.78 Å². The Labute approximate surface area is 253 Å². The lowest BCUT2D eigenvalue weighted by Gasteiger charge is -2.22. The van der Waals surface area contributed by atoms with Crippen LogP contribution in [0.2, 0.25) is 0 Å². The van der Waals surface area contributed by atoms with Gasteiger partial charge in [0.05, 0.1) is 0 Å². The van der Waals surface area contributed by atoms with Gasteiger partial charge in [0.25, 0.3) is 0 Å². The molecular formula is C41H32O2. The van der Waals surface area contributed by atoms with Crippen LogP contribution in [0.1, 0.15) is 46.5 Å². The van der Waals surface area contributed by atoms with Crippen molar-refractivity contribution in [3.8, 4) is 44.9 Å². The third kappa shape index (κ3) is 4.75. The van der Waals surface area contributed by atoms with E-state index in [1.807, 2.05) is 54.6 Å². The third-order valence-corrected chi connectivity index (χ3v) is 8.69. The highest BCUT2D eigenvalue weighted by molar-refractivity contribution is 6.09. The van der Waals surface area contributed by atoms with Crippen LogP contribution in [-0.2, 0) is 5.41 Å². The number of benzene rings is 6. The molecule has 0 radical (unpaired) electrons. The fraction of sp³-hybridized carbons (Fsp3) is 0.0976. The zero-order chi connectivity index (χ0) is 29.6. The SMILES string of the molecule is Cc1ccccc1-c1ccccc1Oc1cccc(-c2ccc3c(c2)C(C)(C)c2cc(C(=O)c4ccccc4)ccc2-3)c1. The first kappa shape index (κ1) is 26.7. The average molecular weight is 557 g/mol. The molecule has 0 atom stereocenters. The van der Waals surface area contributed by atoms with Gasteiger partial charge in [0.2, 0.25) is 0 Å². The molecular weight excluding hydrogens is 524 g/mol. The van der Waals surface area contributed by atoms with Gasteiger partial charge in [-0.1, -0.05) is 123 Å². The number of ether oxygens (including phenoxy) is 1. The molecule has 6 aromatic carbocycles. The summed E-state index contributed by atoms with van der Waals surface area (Å²) in [6, 6.07) is 47.3. The van der Waals surface area contributed by atoms with Crippen molar-refractivity contribution in [1.29, 1.82) is 0 Å². The lowest BCUT2D eigenvalue weighted by molar-refractivity contribution is 0.103. The van der Waals surface area contributed by atoms with E-state index < -0.39 is 0 Å². The van der Waals surface area contributed by atoms with E-state index >= 15 is 0 Å². The van der Waals surface area contributed by atoms with Crippen LogP contribution >= 0.6 is 0 Å². The Morgan fingerprint density at radius 1 is 0.535 bits per heavy atom. The van der Waals surface area contributed by atoms with Crippen LogP contribution in [0.15, 0.2) is 140 Å². The number of para-hydroxylation sites is 1. The van der Waals surface area contributed by atoms with Crippen molar-refractivity contribution in [3.63, 3.8) is 0 Å². The Hall–Kier alpha value is -5.21. The molecule has 2 nitrogen and oxygen atoms in total. The second-order valence-electron chi connectivity index (χ2n) is 11.8. The van der Waals surface area contributed by atoms with Gasteiger partial charge in [-0.3, -0.25) is 4.79 Å². The van der Waals surface area contributed by atoms with Gasteiger partial charge in [0, 0.05) is 22.1 Å². The van der Waals surface area contributed by atoms with Crippen molar-refractivity contribution in [2.24, 2.45) is 0 Å². The summed E-state index contributed by atoms with van der Waals surface area (Å²) in [4.78, 5) is 13.2. The van der Waals surface area contributed by atoms with Crippen molar-refractivity contribution in [2.45, 2.75) is 26.2 Å². The zero-order valence-electron chi connectivity index (χ0n) is 24.6. The number of fused-ring (bicyclic) bond motifs is 3. The molecule has 0 saturated carbocycles. The molecule has 6 aromatic rings. The standard InChI is InChI=1S/C41H32O2/c1-27-12-7-8-17-33(27)36-18-9-10-19-39(36)43-32-16-11-15-29(24-32)30-20-22-34-35-23-21-31(40(42)28-13-5-4-6-14-28)26-38(35)41(2,3)37(34)25-30/h4-26H,1-3H3. The Balaban J connectivity index is 1.21. The second-order valence-corrected chi connectivity index (χ2v) is 11.8. The number of carbonyl (C=O) groups is 1. The van der Waals surface area contributed by atoms with Crippen molar-refractivity contribution in [2.75, 3.05) is 0 Å². The van der Waals surface area contributed by atoms with E-state index in [1.165, 1.54) is 33.4 Å². The highest BCUT2D eigenvalue weighted by Crippen LogP contribution is 2.50. The molecule has 0 unspecified atom stereocenters. The van der Waals surface area contributed by atoms with Crippen LogP contribution in [0, 0.1) is 6.92 Å². The molecule has 7 rings (SSSR count). The topological polar surface area (TPSA) is 26.3 Å². The monoisotopic (exact) mass is 556 g/mol. The van der Waals surface area contributed by atoms with E-state index in [1.54, 1.807) is 0 Å². The molecule has 2 heteroatoms. The summed E-state index contributed by atoms with van der Waals surface area (Å²) in [7, 11) is 0. The minimum atomic E-state index is -0.242. The van der Waals surface area contributed by atoms with Crippen molar-refractivity contribution in [1.82, 2.24) is 0 Å². The number of carbonyl (C=O) groups excluding carboxylic acids is 1. The molecule has 0 aliphatic heterocycles. The summed E-state index contributed by atoms with van der Waals surface area (Å²) in [5, 5.41) is 0. The quantitative estimate of drug-likeness (QED) is 0.191. The van der Waals surface area contributed by atoms with E-state index in [4.69, 9.17) is 4.74 Å². The summed E-state index contributed by atoms with van der Waals surface area (Å²) in [5.74, 6) is 1.68. The largest absolute Gasteiger partial charge is 0.457 e. The van der Waals surface area contributed by atoms with Gasteiger partial charge >= 0.3 is 0 Å². The molecule has 0 amide bonds. The van der Waals surface area contributed by atoms with Gasteiger partial charge in [-0.05, 0) is 81.8 Å². The van der Waals surface area contributed by atoms with Crippen LogP contribution in [0.4, 0.5) is 0 Å². The predicted octanol–water partition coefficient (Wildman–Crippen LogP) is 10.7. The number of hydrogen-bond acceptors (Lipinski definition) is 2. The molecule has 0 spiro atoms. The Kier molecular flexibility index (Phi) is 6.55. The maximum absolute atomic E-state index is 13.2. The van der Waals surface area contributed by atoms with Gasteiger partial charge < -0.3 is 4.74 Å². The molecule has 1 aliphatic rings. The van der Waals surface area contributed by atoms with Gasteiger partial charge in [0.1, 0.15) is 11.5 Å². The van der Waals surface area contributed by atoms with Crippen LogP contribution < -0.4 is 4.74 Å². The summed E-state index contributed by atoms with van der Waals surface area (Å²) in [6.45, 7) is 6.63. The normalized spacial score (nSPS) is 12.8. The lowest BCUT2D eigenvalue weighted by atomic mass is 9.81. The first-order chi connectivity index (χ1) is 20.9. The summed E-state index contributed by atoms with van der Waals surface area (Å²) >= 11 is 0. The van der Waals surface area contributed by atoms with E-state index in [0.717, 1.165) is 33.8 Å². The number of ketones is 1. The molecule has 0 saturated heterocycles. The molecule has 0 bridgehead atoms. The van der Waals surface area contributed by atoms with Crippen LogP contribution in [0.5, 0.6) is 11.5 Å². The number of aryl methyl sites for hydroxylation is 1. The van der Waals surface area contributed by atoms with E-state index in [9.17, 15) is 4.79 Å². The zero-order valence-corrected chi connectivity index (χ0v) is 24.6. The summed E-state index contributed by atoms with van der Waals surface area (Å²) in [6.07, 6.45) is 0. The molecule has 0 fully saturated rings. The Morgan fingerprint density at radius 2 is 1.19 bits per heavy atom. The third-order valence-electron chi connectivity index (χ3n) is 8.69. The fourth-order valence-corrected chi connectivity index (χ4v) is 6.33. The predicted molar refractivity (Wildman–Crippen MR) is 176 cm³/mol. The van der Waals surface area contributed by atoms with Gasteiger partial charge in [-0.15, -0.1) is 0 Å². The smallest absolute Gasteiger partial charge is 0.193 e. The fourth-order valence-electron chi connectivity index (χ4n) is 6.33. The summed E-state index contributed by atoms with van der Waals surface area (Å²) in [5.41, 5.74) is 11.8. The van der Waals surface area contributed by atoms with Crippen LogP contribution in [-0.4, -0.2) is 5.78 Å². The Morgan fingerprint density at radius 3 is 1.98 bits per heavy atom. The molecule has 0 heterocycles. The van der Waals surface area contributed by atoms with Gasteiger partial charge in [-0.25, -0.2) is 0 Å². The van der Waals surface area contributed by atoms with E-state index in [0.29, 0.717) is 5.56 Å². The van der Waals surface area contributed by atoms with Crippen molar-refractivity contribution >= 4 is 5.78 Å². The van der Waals surface area contributed by atoms with E-state index in [2.05, 4.69) is 106 Å². The first-order valence-corrected chi connectivity index (χ1v) is 14.7. The summed E-state index contributed by atoms with van der Waals surface area (Å²) < 4.78 is 6.51. The Bertz CT molecular complexity index is 2000. The van der Waals surface area contributed by atoms with Crippen LogP contribution in [0.25, 0.3) is 33.4 Å². The van der Waals surface area contributed by atoms with Crippen molar-refractivity contribution in [3.05, 3.63) is 167 Å². The molecule has 208 valence electrons. The maximum Gasteiger partial charge on any atom is 0.193 e. The maximum atomic E-state index is 13.2. The number of hydrogen-bond donors (Lipinski definition) is 0. The minimum absolute atomic E-state index is 0.0525.